The molecule has 0 bridgehead atoms. The zero-order chi connectivity index (χ0) is 25.4. The second kappa shape index (κ2) is 9.09. The topological polar surface area (TPSA) is 143 Å². The summed E-state index contributed by atoms with van der Waals surface area (Å²) in [5.41, 5.74) is 11.1. The fraction of sp³-hybridized carbons (Fsp3) is 0.346. The maximum Gasteiger partial charge on any atom is 0.162 e. The van der Waals surface area contributed by atoms with Gasteiger partial charge in [-0.3, -0.25) is 5.41 Å². The van der Waals surface area contributed by atoms with Gasteiger partial charge in [0.15, 0.2) is 11.5 Å². The number of nitrogens with two attached hydrogens (primary N) is 1. The lowest BCUT2D eigenvalue weighted by Gasteiger charge is -2.55. The van der Waals surface area contributed by atoms with Gasteiger partial charge in [0, 0.05) is 47.7 Å². The highest BCUT2D eigenvalue weighted by molar-refractivity contribution is 6.14. The molecule has 4 heterocycles. The quantitative estimate of drug-likeness (QED) is 0.381. The van der Waals surface area contributed by atoms with Crippen molar-refractivity contribution in [2.24, 2.45) is 5.41 Å². The summed E-state index contributed by atoms with van der Waals surface area (Å²) < 4.78 is 16.9. The Morgan fingerprint density at radius 3 is 2.64 bits per heavy atom. The third kappa shape index (κ3) is 4.07. The van der Waals surface area contributed by atoms with Crippen molar-refractivity contribution in [2.75, 3.05) is 44.0 Å². The first-order valence-electron chi connectivity index (χ1n) is 11.5. The normalized spacial score (nSPS) is 15.6. The Morgan fingerprint density at radius 2 is 2.00 bits per heavy atom. The van der Waals surface area contributed by atoms with Crippen molar-refractivity contribution in [3.63, 3.8) is 0 Å². The molecule has 5 rings (SSSR count). The number of hydrogen-bond acceptors (Lipinski definition) is 10. The molecule has 10 heteroatoms. The van der Waals surface area contributed by atoms with Crippen molar-refractivity contribution < 1.29 is 14.2 Å². The average Bonchev–Trinajstić information content (AvgIpc) is 2.82. The summed E-state index contributed by atoms with van der Waals surface area (Å²) in [6.07, 6.45) is 3.30. The van der Waals surface area contributed by atoms with Crippen LogP contribution in [0.15, 0.2) is 30.6 Å². The zero-order valence-electron chi connectivity index (χ0n) is 20.5. The van der Waals surface area contributed by atoms with Crippen LogP contribution < -0.4 is 20.1 Å². The minimum Gasteiger partial charge on any atom is -0.493 e. The first-order valence-corrected chi connectivity index (χ1v) is 11.5. The van der Waals surface area contributed by atoms with E-state index < -0.39 is 0 Å². The third-order valence-corrected chi connectivity index (χ3v) is 6.79. The van der Waals surface area contributed by atoms with Gasteiger partial charge in [-0.2, -0.15) is 15.5 Å². The predicted octanol–water partition coefficient (Wildman–Crippen LogP) is 2.78. The van der Waals surface area contributed by atoms with Gasteiger partial charge in [0.25, 0.3) is 0 Å². The highest BCUT2D eigenvalue weighted by atomic mass is 16.5. The van der Waals surface area contributed by atoms with Crippen LogP contribution in [0.1, 0.15) is 33.5 Å². The van der Waals surface area contributed by atoms with Gasteiger partial charge in [-0.1, -0.05) is 0 Å². The maximum atomic E-state index is 9.77. The summed E-state index contributed by atoms with van der Waals surface area (Å²) in [7, 11) is 1.54. The van der Waals surface area contributed by atoms with Crippen molar-refractivity contribution in [1.29, 1.82) is 10.7 Å². The smallest absolute Gasteiger partial charge is 0.162 e. The van der Waals surface area contributed by atoms with Gasteiger partial charge in [0.05, 0.1) is 48.9 Å². The Labute approximate surface area is 209 Å². The highest BCUT2D eigenvalue weighted by Gasteiger charge is 2.49. The Bertz CT molecular complexity index is 1370. The number of nitrogens with zero attached hydrogens (tertiary/aromatic N) is 5. The number of pyridine rings is 1. The van der Waals surface area contributed by atoms with Crippen LogP contribution in [0.2, 0.25) is 0 Å². The van der Waals surface area contributed by atoms with Gasteiger partial charge < -0.3 is 24.8 Å². The molecule has 0 saturated carbocycles. The van der Waals surface area contributed by atoms with E-state index in [4.69, 9.17) is 25.4 Å². The van der Waals surface area contributed by atoms with Crippen molar-refractivity contribution >= 4 is 17.2 Å². The van der Waals surface area contributed by atoms with Crippen LogP contribution in [-0.2, 0) is 11.3 Å². The number of anilines is 2. The number of benzene rings is 1. The molecule has 1 spiro atoms. The zero-order valence-corrected chi connectivity index (χ0v) is 20.5. The van der Waals surface area contributed by atoms with Gasteiger partial charge >= 0.3 is 0 Å². The van der Waals surface area contributed by atoms with Gasteiger partial charge in [0.2, 0.25) is 0 Å². The Kier molecular flexibility index (Phi) is 5.94. The highest BCUT2D eigenvalue weighted by Crippen LogP contribution is 2.40. The minimum absolute atomic E-state index is 0.140. The number of hydrogen-bond donors (Lipinski definition) is 2. The van der Waals surface area contributed by atoms with Crippen LogP contribution in [0, 0.1) is 36.0 Å². The molecule has 3 N–H and O–H groups in total. The van der Waals surface area contributed by atoms with Gasteiger partial charge in [-0.25, -0.2) is 4.98 Å². The summed E-state index contributed by atoms with van der Waals surface area (Å²) in [5, 5.41) is 26.7. The molecular weight excluding hydrogens is 458 g/mol. The van der Waals surface area contributed by atoms with Crippen molar-refractivity contribution in [2.45, 2.75) is 20.5 Å². The van der Waals surface area contributed by atoms with Crippen LogP contribution in [0.25, 0.3) is 0 Å². The molecule has 10 nitrogen and oxygen atoms in total. The van der Waals surface area contributed by atoms with Gasteiger partial charge in [0.1, 0.15) is 18.5 Å². The van der Waals surface area contributed by atoms with E-state index in [1.807, 2.05) is 13.8 Å². The molecule has 2 aromatic heterocycles. The first kappa shape index (κ1) is 23.5. The van der Waals surface area contributed by atoms with E-state index in [-0.39, 0.29) is 17.7 Å². The van der Waals surface area contributed by atoms with Crippen LogP contribution in [0.5, 0.6) is 11.5 Å². The molecule has 3 aromatic rings. The first-order chi connectivity index (χ1) is 17.3. The fourth-order valence-corrected chi connectivity index (χ4v) is 4.63. The largest absolute Gasteiger partial charge is 0.493 e. The molecule has 0 amide bonds. The van der Waals surface area contributed by atoms with Crippen LogP contribution in [-0.4, -0.2) is 54.3 Å². The molecular formula is C26H27N7O3. The van der Waals surface area contributed by atoms with Crippen LogP contribution in [0.3, 0.4) is 0 Å². The van der Waals surface area contributed by atoms with Crippen LogP contribution >= 0.6 is 0 Å². The number of nitrogens with one attached hydrogen (secondary N) is 1. The lowest BCUT2D eigenvalue weighted by atomic mass is 9.78. The standard InChI is InChI=1S/C26H27N7O3/c1-15-8-31-32-16(2)20(15)10-36-23-5-19(21(28)6-22(23)34-3)24(29)18-4-17(7-27)25(30-9-18)33-11-26(12-33)13-35-14-26/h4-6,8-9,29H,10-14,28H2,1-3H3. The molecule has 2 fully saturated rings. The molecule has 184 valence electrons. The number of methoxy groups -OCH3 is 1. The molecule has 0 unspecified atom stereocenters. The van der Waals surface area contributed by atoms with E-state index in [1.54, 1.807) is 30.6 Å². The maximum absolute atomic E-state index is 9.77. The predicted molar refractivity (Wildman–Crippen MR) is 134 cm³/mol. The number of ether oxygens (including phenoxy) is 3. The molecule has 0 atom stereocenters. The van der Waals surface area contributed by atoms with Crippen LogP contribution in [0.4, 0.5) is 11.5 Å². The van der Waals surface area contributed by atoms with E-state index in [0.717, 1.165) is 43.1 Å². The molecule has 0 aliphatic carbocycles. The Morgan fingerprint density at radius 1 is 1.22 bits per heavy atom. The van der Waals surface area contributed by atoms with Gasteiger partial charge in [-0.05, 0) is 31.5 Å². The molecule has 36 heavy (non-hydrogen) atoms. The summed E-state index contributed by atoms with van der Waals surface area (Å²) in [4.78, 5) is 6.62. The molecule has 0 radical (unpaired) electrons. The number of rotatable bonds is 7. The molecule has 1 aromatic carbocycles. The van der Waals surface area contributed by atoms with E-state index in [2.05, 4.69) is 26.2 Å². The summed E-state index contributed by atoms with van der Waals surface area (Å²) in [6, 6.07) is 7.24. The van der Waals surface area contributed by atoms with Gasteiger partial charge in [-0.15, -0.1) is 0 Å². The second-order valence-electron chi connectivity index (χ2n) is 9.40. The second-order valence-corrected chi connectivity index (χ2v) is 9.40. The monoisotopic (exact) mass is 485 g/mol. The van der Waals surface area contributed by atoms with E-state index in [9.17, 15) is 5.26 Å². The van der Waals surface area contributed by atoms with E-state index >= 15 is 0 Å². The SMILES string of the molecule is COc1cc(N)c(C(=N)c2cnc(N3CC4(COC4)C3)c(C#N)c2)cc1OCc1c(C)cnnc1C. The lowest BCUT2D eigenvalue weighted by Crippen LogP contribution is -2.66. The number of nitrogen functional groups attached to an aromatic ring is 1. The van der Waals surface area contributed by atoms with Crippen molar-refractivity contribution in [3.8, 4) is 17.6 Å². The Hall–Kier alpha value is -4.23. The fourth-order valence-electron chi connectivity index (χ4n) is 4.63. The lowest BCUT2D eigenvalue weighted by molar-refractivity contribution is -0.127. The van der Waals surface area contributed by atoms with E-state index in [0.29, 0.717) is 39.7 Å². The summed E-state index contributed by atoms with van der Waals surface area (Å²) in [6.45, 7) is 7.25. The number of aryl methyl sites for hydroxylation is 2. The number of aromatic nitrogens is 3. The summed E-state index contributed by atoms with van der Waals surface area (Å²) in [5.74, 6) is 1.54. The average molecular weight is 486 g/mol. The minimum atomic E-state index is 0.140. The van der Waals surface area contributed by atoms with Crippen molar-refractivity contribution in [3.05, 3.63) is 64.1 Å². The summed E-state index contributed by atoms with van der Waals surface area (Å²) >= 11 is 0. The molecule has 2 aliphatic rings. The van der Waals surface area contributed by atoms with Crippen molar-refractivity contribution in [1.82, 2.24) is 15.2 Å². The van der Waals surface area contributed by atoms with E-state index in [1.165, 1.54) is 7.11 Å². The molecule has 2 aliphatic heterocycles. The third-order valence-electron chi connectivity index (χ3n) is 6.79. The molecule has 2 saturated heterocycles. The number of nitriles is 1. The Balaban J connectivity index is 1.40.